The van der Waals surface area contributed by atoms with Crippen LogP contribution in [0.2, 0.25) is 0 Å². The summed E-state index contributed by atoms with van der Waals surface area (Å²) in [7, 11) is 0. The summed E-state index contributed by atoms with van der Waals surface area (Å²) in [5.41, 5.74) is 2.86. The molecule has 1 nitrogen and oxygen atoms in total. The SMILES string of the molecule is CC(C)C=Cc1ccc(-c2ccc(F)cc2)nc1. The standard InChI is InChI=1S/C16H16FN/c1-12(2)3-4-13-5-10-16(18-11-13)14-6-8-15(17)9-7-14/h3-12H,1-2H3. The molecule has 0 amide bonds. The molecule has 0 atom stereocenters. The van der Waals surface area contributed by atoms with Gasteiger partial charge in [0, 0.05) is 11.8 Å². The minimum absolute atomic E-state index is 0.227. The molecule has 2 heteroatoms. The minimum atomic E-state index is -0.227. The van der Waals surface area contributed by atoms with E-state index in [2.05, 4.69) is 31.0 Å². The third-order valence-electron chi connectivity index (χ3n) is 2.60. The van der Waals surface area contributed by atoms with E-state index in [-0.39, 0.29) is 5.82 Å². The Labute approximate surface area is 107 Å². The van der Waals surface area contributed by atoms with Crippen LogP contribution >= 0.6 is 0 Å². The van der Waals surface area contributed by atoms with Crippen molar-refractivity contribution in [1.82, 2.24) is 4.98 Å². The molecule has 0 radical (unpaired) electrons. The van der Waals surface area contributed by atoms with E-state index in [1.807, 2.05) is 18.3 Å². The fourth-order valence-electron chi connectivity index (χ4n) is 1.60. The lowest BCUT2D eigenvalue weighted by Gasteiger charge is -2.01. The smallest absolute Gasteiger partial charge is 0.123 e. The second-order valence-electron chi connectivity index (χ2n) is 4.59. The molecule has 0 spiro atoms. The van der Waals surface area contributed by atoms with Crippen LogP contribution in [0.1, 0.15) is 19.4 Å². The van der Waals surface area contributed by atoms with Gasteiger partial charge in [-0.15, -0.1) is 0 Å². The van der Waals surface area contributed by atoms with Gasteiger partial charge in [0.25, 0.3) is 0 Å². The molecule has 0 fully saturated rings. The molecule has 1 aromatic heterocycles. The van der Waals surface area contributed by atoms with Gasteiger partial charge in [0.05, 0.1) is 5.69 Å². The number of benzene rings is 1. The Morgan fingerprint density at radius 3 is 2.33 bits per heavy atom. The highest BCUT2D eigenvalue weighted by Gasteiger charge is 1.99. The summed E-state index contributed by atoms with van der Waals surface area (Å²) in [6.07, 6.45) is 6.03. The van der Waals surface area contributed by atoms with Gasteiger partial charge in [0.2, 0.25) is 0 Å². The summed E-state index contributed by atoms with van der Waals surface area (Å²) in [5, 5.41) is 0. The van der Waals surface area contributed by atoms with Crippen LogP contribution in [0.5, 0.6) is 0 Å². The highest BCUT2D eigenvalue weighted by Crippen LogP contribution is 2.17. The van der Waals surface area contributed by atoms with Gasteiger partial charge in [-0.05, 0) is 41.8 Å². The zero-order valence-electron chi connectivity index (χ0n) is 10.6. The molecule has 0 aliphatic rings. The van der Waals surface area contributed by atoms with Crippen molar-refractivity contribution in [2.75, 3.05) is 0 Å². The summed E-state index contributed by atoms with van der Waals surface area (Å²) in [4.78, 5) is 4.38. The number of allylic oxidation sites excluding steroid dienone is 1. The molecule has 18 heavy (non-hydrogen) atoms. The number of hydrogen-bond donors (Lipinski definition) is 0. The highest BCUT2D eigenvalue weighted by molar-refractivity contribution is 5.60. The summed E-state index contributed by atoms with van der Waals surface area (Å²) >= 11 is 0. The first-order valence-corrected chi connectivity index (χ1v) is 6.05. The van der Waals surface area contributed by atoms with Gasteiger partial charge in [-0.25, -0.2) is 4.39 Å². The number of pyridine rings is 1. The fraction of sp³-hybridized carbons (Fsp3) is 0.188. The lowest BCUT2D eigenvalue weighted by Crippen LogP contribution is -1.85. The van der Waals surface area contributed by atoms with Crippen molar-refractivity contribution in [1.29, 1.82) is 0 Å². The predicted molar refractivity (Wildman–Crippen MR) is 73.5 cm³/mol. The first-order chi connectivity index (χ1) is 8.65. The van der Waals surface area contributed by atoms with Gasteiger partial charge < -0.3 is 0 Å². The number of hydrogen-bond acceptors (Lipinski definition) is 1. The zero-order valence-corrected chi connectivity index (χ0v) is 10.6. The molecule has 0 saturated heterocycles. The molecule has 0 unspecified atom stereocenters. The predicted octanol–water partition coefficient (Wildman–Crippen LogP) is 4.56. The number of nitrogens with zero attached hydrogens (tertiary/aromatic N) is 1. The van der Waals surface area contributed by atoms with Gasteiger partial charge in [0.15, 0.2) is 0 Å². The number of halogens is 1. The van der Waals surface area contributed by atoms with Crippen LogP contribution in [0.4, 0.5) is 4.39 Å². The second-order valence-corrected chi connectivity index (χ2v) is 4.59. The second kappa shape index (κ2) is 5.58. The topological polar surface area (TPSA) is 12.9 Å². The van der Waals surface area contributed by atoms with Gasteiger partial charge in [0.1, 0.15) is 5.82 Å². The molecule has 2 aromatic rings. The van der Waals surface area contributed by atoms with Gasteiger partial charge >= 0.3 is 0 Å². The van der Waals surface area contributed by atoms with Crippen molar-refractivity contribution in [3.8, 4) is 11.3 Å². The van der Waals surface area contributed by atoms with Gasteiger partial charge in [-0.3, -0.25) is 4.98 Å². The summed E-state index contributed by atoms with van der Waals surface area (Å²) in [6, 6.07) is 10.3. The van der Waals surface area contributed by atoms with E-state index in [0.717, 1.165) is 16.8 Å². The largest absolute Gasteiger partial charge is 0.256 e. The Hall–Kier alpha value is -1.96. The van der Waals surface area contributed by atoms with Crippen LogP contribution in [0.15, 0.2) is 48.7 Å². The number of rotatable bonds is 3. The average molecular weight is 241 g/mol. The van der Waals surface area contributed by atoms with Crippen molar-refractivity contribution in [2.24, 2.45) is 5.92 Å². The van der Waals surface area contributed by atoms with Crippen LogP contribution < -0.4 is 0 Å². The molecule has 0 aliphatic heterocycles. The number of aromatic nitrogens is 1. The molecule has 1 aromatic carbocycles. The molecule has 0 bridgehead atoms. The molecule has 0 N–H and O–H groups in total. The Balaban J connectivity index is 2.19. The quantitative estimate of drug-likeness (QED) is 0.767. The molecular weight excluding hydrogens is 225 g/mol. The summed E-state index contributed by atoms with van der Waals surface area (Å²) in [5.74, 6) is 0.303. The summed E-state index contributed by atoms with van der Waals surface area (Å²) in [6.45, 7) is 4.27. The Morgan fingerprint density at radius 2 is 1.78 bits per heavy atom. The van der Waals surface area contributed by atoms with Gasteiger partial charge in [-0.2, -0.15) is 0 Å². The molecular formula is C16H16FN. The molecule has 92 valence electrons. The van der Waals surface area contributed by atoms with E-state index < -0.39 is 0 Å². The Kier molecular flexibility index (Phi) is 3.88. The van der Waals surface area contributed by atoms with E-state index >= 15 is 0 Å². The van der Waals surface area contributed by atoms with Crippen LogP contribution in [-0.2, 0) is 0 Å². The van der Waals surface area contributed by atoms with E-state index in [1.165, 1.54) is 12.1 Å². The van der Waals surface area contributed by atoms with E-state index in [9.17, 15) is 4.39 Å². The molecule has 0 saturated carbocycles. The van der Waals surface area contributed by atoms with E-state index in [0.29, 0.717) is 5.92 Å². The van der Waals surface area contributed by atoms with E-state index in [1.54, 1.807) is 12.1 Å². The minimum Gasteiger partial charge on any atom is -0.256 e. The van der Waals surface area contributed by atoms with Crippen molar-refractivity contribution >= 4 is 6.08 Å². The fourth-order valence-corrected chi connectivity index (χ4v) is 1.60. The average Bonchev–Trinajstić information content (AvgIpc) is 2.38. The van der Waals surface area contributed by atoms with Crippen LogP contribution in [0.3, 0.4) is 0 Å². The first-order valence-electron chi connectivity index (χ1n) is 6.05. The first kappa shape index (κ1) is 12.5. The van der Waals surface area contributed by atoms with E-state index in [4.69, 9.17) is 0 Å². The monoisotopic (exact) mass is 241 g/mol. The van der Waals surface area contributed by atoms with Crippen molar-refractivity contribution < 1.29 is 4.39 Å². The van der Waals surface area contributed by atoms with Crippen LogP contribution in [0, 0.1) is 11.7 Å². The molecule has 1 heterocycles. The van der Waals surface area contributed by atoms with Crippen LogP contribution in [-0.4, -0.2) is 4.98 Å². The Bertz CT molecular complexity index is 524. The van der Waals surface area contributed by atoms with Crippen LogP contribution in [0.25, 0.3) is 17.3 Å². The third kappa shape index (κ3) is 3.27. The van der Waals surface area contributed by atoms with Crippen molar-refractivity contribution in [3.05, 3.63) is 60.1 Å². The molecule has 0 aliphatic carbocycles. The Morgan fingerprint density at radius 1 is 1.06 bits per heavy atom. The summed E-state index contributed by atoms with van der Waals surface area (Å²) < 4.78 is 12.8. The maximum Gasteiger partial charge on any atom is 0.123 e. The maximum atomic E-state index is 12.8. The van der Waals surface area contributed by atoms with Crippen molar-refractivity contribution in [3.63, 3.8) is 0 Å². The molecule has 2 rings (SSSR count). The van der Waals surface area contributed by atoms with Gasteiger partial charge in [-0.1, -0.05) is 32.1 Å². The maximum absolute atomic E-state index is 12.8. The highest BCUT2D eigenvalue weighted by atomic mass is 19.1. The normalized spacial score (nSPS) is 11.3. The zero-order chi connectivity index (χ0) is 13.0. The van der Waals surface area contributed by atoms with Crippen molar-refractivity contribution in [2.45, 2.75) is 13.8 Å². The lowest BCUT2D eigenvalue weighted by molar-refractivity contribution is 0.628. The lowest BCUT2D eigenvalue weighted by atomic mass is 10.1. The third-order valence-corrected chi connectivity index (χ3v) is 2.60.